The highest BCUT2D eigenvalue weighted by atomic mass is 32.2. The smallest absolute Gasteiger partial charge is 0.231 e. The van der Waals surface area contributed by atoms with Crippen LogP contribution >= 0.6 is 0 Å². The molecule has 118 valence electrons. The first-order chi connectivity index (χ1) is 9.94. The summed E-state index contributed by atoms with van der Waals surface area (Å²) < 4.78 is 28.6. The van der Waals surface area contributed by atoms with Crippen molar-refractivity contribution < 1.29 is 17.9 Å². The Balaban J connectivity index is 2.21. The molecule has 2 saturated heterocycles. The van der Waals surface area contributed by atoms with Crippen LogP contribution in [0, 0.1) is 17.8 Å². The number of carbonyl (C=O) groups excluding carboxylic acids is 1. The zero-order valence-corrected chi connectivity index (χ0v) is 12.9. The SMILES string of the molecule is C#CCN(C(=O)C1(CN)CCOCC1)C1CCS(=O)(=O)C1. The predicted molar refractivity (Wildman–Crippen MR) is 79.1 cm³/mol. The molecule has 0 aromatic heterocycles. The van der Waals surface area contributed by atoms with Crippen LogP contribution in [0.3, 0.4) is 0 Å². The number of nitrogens with zero attached hydrogens (tertiary/aromatic N) is 1. The summed E-state index contributed by atoms with van der Waals surface area (Å²) in [6.45, 7) is 1.35. The topological polar surface area (TPSA) is 89.7 Å². The van der Waals surface area contributed by atoms with Gasteiger partial charge in [-0.2, -0.15) is 0 Å². The Morgan fingerprint density at radius 2 is 2.10 bits per heavy atom. The zero-order chi connectivity index (χ0) is 15.5. The van der Waals surface area contributed by atoms with E-state index in [2.05, 4.69) is 5.92 Å². The lowest BCUT2D eigenvalue weighted by atomic mass is 9.78. The Morgan fingerprint density at radius 3 is 2.57 bits per heavy atom. The van der Waals surface area contributed by atoms with Crippen LogP contribution in [-0.4, -0.2) is 63.1 Å². The second kappa shape index (κ2) is 6.34. The van der Waals surface area contributed by atoms with E-state index in [4.69, 9.17) is 16.9 Å². The number of nitrogens with two attached hydrogens (primary N) is 1. The van der Waals surface area contributed by atoms with Crippen LogP contribution in [0.1, 0.15) is 19.3 Å². The van der Waals surface area contributed by atoms with E-state index in [9.17, 15) is 13.2 Å². The van der Waals surface area contributed by atoms with E-state index in [-0.39, 0.29) is 36.5 Å². The fourth-order valence-corrected chi connectivity index (χ4v) is 4.79. The molecule has 6 nitrogen and oxygen atoms in total. The van der Waals surface area contributed by atoms with Gasteiger partial charge in [0.2, 0.25) is 5.91 Å². The van der Waals surface area contributed by atoms with Crippen molar-refractivity contribution >= 4 is 15.7 Å². The standard InChI is InChI=1S/C14H22N2O4S/c1-2-6-16(12-3-9-21(18,19)10-12)13(17)14(11-15)4-7-20-8-5-14/h1,12H,3-11,15H2. The molecule has 2 fully saturated rings. The van der Waals surface area contributed by atoms with Crippen molar-refractivity contribution in [2.24, 2.45) is 11.1 Å². The van der Waals surface area contributed by atoms with Crippen molar-refractivity contribution in [2.45, 2.75) is 25.3 Å². The number of sulfone groups is 1. The largest absolute Gasteiger partial charge is 0.381 e. The van der Waals surface area contributed by atoms with E-state index >= 15 is 0 Å². The van der Waals surface area contributed by atoms with Gasteiger partial charge in [0.1, 0.15) is 0 Å². The van der Waals surface area contributed by atoms with Gasteiger partial charge in [-0.3, -0.25) is 4.79 Å². The first-order valence-corrected chi connectivity index (χ1v) is 8.99. The quantitative estimate of drug-likeness (QED) is 0.699. The first-order valence-electron chi connectivity index (χ1n) is 7.17. The Hall–Kier alpha value is -1.10. The summed E-state index contributed by atoms with van der Waals surface area (Å²) in [4.78, 5) is 14.5. The maximum absolute atomic E-state index is 12.9. The lowest BCUT2D eigenvalue weighted by molar-refractivity contribution is -0.148. The molecule has 1 atom stereocenters. The van der Waals surface area contributed by atoms with Gasteiger partial charge in [-0.1, -0.05) is 5.92 Å². The van der Waals surface area contributed by atoms with E-state index in [1.807, 2.05) is 0 Å². The molecule has 0 bridgehead atoms. The first kappa shape index (κ1) is 16.3. The molecular weight excluding hydrogens is 292 g/mol. The number of ether oxygens (including phenoxy) is 1. The molecule has 0 spiro atoms. The van der Waals surface area contributed by atoms with E-state index < -0.39 is 15.3 Å². The van der Waals surface area contributed by atoms with Crippen molar-refractivity contribution in [3.8, 4) is 12.3 Å². The lowest BCUT2D eigenvalue weighted by Gasteiger charge is -2.40. The fourth-order valence-electron chi connectivity index (χ4n) is 3.06. The summed E-state index contributed by atoms with van der Waals surface area (Å²) in [6, 6.07) is -0.329. The maximum Gasteiger partial charge on any atom is 0.231 e. The summed E-state index contributed by atoms with van der Waals surface area (Å²) in [7, 11) is -3.07. The average molecular weight is 314 g/mol. The van der Waals surface area contributed by atoms with Crippen LogP contribution in [0.15, 0.2) is 0 Å². The molecule has 0 radical (unpaired) electrons. The molecule has 2 N–H and O–H groups in total. The zero-order valence-electron chi connectivity index (χ0n) is 12.1. The summed E-state index contributed by atoms with van der Waals surface area (Å²) in [5.41, 5.74) is 5.19. The number of hydrogen-bond donors (Lipinski definition) is 1. The molecule has 0 aliphatic carbocycles. The Labute approximate surface area is 125 Å². The second-order valence-electron chi connectivity index (χ2n) is 5.79. The highest BCUT2D eigenvalue weighted by Gasteiger charge is 2.44. The monoisotopic (exact) mass is 314 g/mol. The highest BCUT2D eigenvalue weighted by molar-refractivity contribution is 7.91. The molecule has 0 aromatic carbocycles. The minimum Gasteiger partial charge on any atom is -0.381 e. The molecule has 2 heterocycles. The van der Waals surface area contributed by atoms with Crippen LogP contribution in [0.2, 0.25) is 0 Å². The normalized spacial score (nSPS) is 27.0. The van der Waals surface area contributed by atoms with Gasteiger partial charge in [0.05, 0.1) is 23.5 Å². The molecule has 21 heavy (non-hydrogen) atoms. The minimum atomic E-state index is -3.07. The molecule has 2 aliphatic rings. The van der Waals surface area contributed by atoms with Gasteiger partial charge in [0, 0.05) is 25.8 Å². The van der Waals surface area contributed by atoms with Crippen LogP contribution in [0.25, 0.3) is 0 Å². The maximum atomic E-state index is 12.9. The Kier molecular flexibility index (Phi) is 4.91. The van der Waals surface area contributed by atoms with E-state index in [1.165, 1.54) is 0 Å². The lowest BCUT2D eigenvalue weighted by Crippen LogP contribution is -2.54. The summed E-state index contributed by atoms with van der Waals surface area (Å²) >= 11 is 0. The summed E-state index contributed by atoms with van der Waals surface area (Å²) in [6.07, 6.45) is 6.94. The molecule has 0 aromatic rings. The van der Waals surface area contributed by atoms with Gasteiger partial charge in [-0.15, -0.1) is 6.42 Å². The fraction of sp³-hybridized carbons (Fsp3) is 0.786. The van der Waals surface area contributed by atoms with Crippen LogP contribution in [0.4, 0.5) is 0 Å². The van der Waals surface area contributed by atoms with Crippen LogP contribution < -0.4 is 5.73 Å². The highest BCUT2D eigenvalue weighted by Crippen LogP contribution is 2.33. The molecule has 1 unspecified atom stereocenters. The summed E-state index contributed by atoms with van der Waals surface area (Å²) in [5, 5.41) is 0. The summed E-state index contributed by atoms with van der Waals surface area (Å²) in [5.74, 6) is 2.47. The second-order valence-corrected chi connectivity index (χ2v) is 8.02. The average Bonchev–Trinajstić information content (AvgIpc) is 2.84. The van der Waals surface area contributed by atoms with Crippen molar-refractivity contribution in [3.63, 3.8) is 0 Å². The number of hydrogen-bond acceptors (Lipinski definition) is 5. The molecule has 0 saturated carbocycles. The van der Waals surface area contributed by atoms with Crippen LogP contribution in [-0.2, 0) is 19.4 Å². The van der Waals surface area contributed by atoms with Crippen LogP contribution in [0.5, 0.6) is 0 Å². The third-order valence-electron chi connectivity index (χ3n) is 4.47. The van der Waals surface area contributed by atoms with Crippen molar-refractivity contribution in [3.05, 3.63) is 0 Å². The number of carbonyl (C=O) groups is 1. The van der Waals surface area contributed by atoms with Gasteiger partial charge >= 0.3 is 0 Å². The van der Waals surface area contributed by atoms with Gasteiger partial charge in [-0.05, 0) is 19.3 Å². The molecule has 1 amide bonds. The van der Waals surface area contributed by atoms with Gasteiger partial charge in [0.25, 0.3) is 0 Å². The Morgan fingerprint density at radius 1 is 1.43 bits per heavy atom. The molecule has 2 aliphatic heterocycles. The molecule has 7 heteroatoms. The Bertz CT molecular complexity index is 532. The minimum absolute atomic E-state index is 0.00241. The molecular formula is C14H22N2O4S. The van der Waals surface area contributed by atoms with Gasteiger partial charge in [-0.25, -0.2) is 8.42 Å². The van der Waals surface area contributed by atoms with Gasteiger partial charge < -0.3 is 15.4 Å². The van der Waals surface area contributed by atoms with E-state index in [0.29, 0.717) is 32.5 Å². The van der Waals surface area contributed by atoms with E-state index in [0.717, 1.165) is 0 Å². The van der Waals surface area contributed by atoms with Crippen molar-refractivity contribution in [2.75, 3.05) is 37.8 Å². The predicted octanol–water partition coefficient (Wildman–Crippen LogP) is -0.609. The van der Waals surface area contributed by atoms with Crippen molar-refractivity contribution in [1.82, 2.24) is 4.90 Å². The number of amides is 1. The van der Waals surface area contributed by atoms with E-state index in [1.54, 1.807) is 4.90 Å². The third-order valence-corrected chi connectivity index (χ3v) is 6.22. The van der Waals surface area contributed by atoms with Crippen molar-refractivity contribution in [1.29, 1.82) is 0 Å². The number of terminal acetylenes is 1. The van der Waals surface area contributed by atoms with Gasteiger partial charge in [0.15, 0.2) is 9.84 Å². The number of rotatable bonds is 4. The molecule has 2 rings (SSSR count). The third kappa shape index (κ3) is 3.39.